The highest BCUT2D eigenvalue weighted by Gasteiger charge is 2.32. The van der Waals surface area contributed by atoms with Crippen LogP contribution in [0.4, 0.5) is 0 Å². The standard InChI is InChI=1S/C15H23N3OS/c1-3-5-16-14(13-4-7-19-11(13)2)9-12-10-18-6-8-20-15(18)17-12/h6,8,10-11,13-14,16H,3-5,7,9H2,1-2H3. The number of hydrogen-bond acceptors (Lipinski definition) is 4. The van der Waals surface area contributed by atoms with E-state index < -0.39 is 0 Å². The monoisotopic (exact) mass is 293 g/mol. The Hall–Kier alpha value is -0.910. The first kappa shape index (κ1) is 14.0. The summed E-state index contributed by atoms with van der Waals surface area (Å²) in [5.41, 5.74) is 1.18. The maximum atomic E-state index is 5.74. The summed E-state index contributed by atoms with van der Waals surface area (Å²) < 4.78 is 7.86. The van der Waals surface area contributed by atoms with E-state index in [1.165, 1.54) is 5.69 Å². The SMILES string of the molecule is CCCNC(Cc1cn2ccsc2n1)C1CCOC1C. The van der Waals surface area contributed by atoms with Gasteiger partial charge in [0.2, 0.25) is 0 Å². The zero-order valence-electron chi connectivity index (χ0n) is 12.2. The van der Waals surface area contributed by atoms with Crippen molar-refractivity contribution in [2.45, 2.75) is 45.3 Å². The Morgan fingerprint density at radius 2 is 2.50 bits per heavy atom. The molecule has 3 atom stereocenters. The number of fused-ring (bicyclic) bond motifs is 1. The van der Waals surface area contributed by atoms with E-state index in [9.17, 15) is 0 Å². The number of nitrogens with one attached hydrogen (secondary N) is 1. The van der Waals surface area contributed by atoms with Gasteiger partial charge in [-0.1, -0.05) is 6.92 Å². The highest BCUT2D eigenvalue weighted by molar-refractivity contribution is 7.15. The average molecular weight is 293 g/mol. The average Bonchev–Trinajstić information content (AvgIpc) is 3.10. The number of nitrogens with zero attached hydrogens (tertiary/aromatic N) is 2. The van der Waals surface area contributed by atoms with Gasteiger partial charge in [0, 0.05) is 42.8 Å². The Balaban J connectivity index is 1.73. The van der Waals surface area contributed by atoms with Crippen LogP contribution in [0.15, 0.2) is 17.8 Å². The van der Waals surface area contributed by atoms with Crippen molar-refractivity contribution in [2.24, 2.45) is 5.92 Å². The summed E-state index contributed by atoms with van der Waals surface area (Å²) in [5, 5.41) is 5.78. The third-order valence-corrected chi connectivity index (χ3v) is 4.95. The molecule has 5 heteroatoms. The lowest BCUT2D eigenvalue weighted by molar-refractivity contribution is 0.0953. The zero-order valence-corrected chi connectivity index (χ0v) is 13.0. The van der Waals surface area contributed by atoms with Crippen LogP contribution in [0.3, 0.4) is 0 Å². The molecule has 0 spiro atoms. The number of hydrogen-bond donors (Lipinski definition) is 1. The first-order valence-corrected chi connectivity index (χ1v) is 8.42. The Labute approximate surface area is 124 Å². The fourth-order valence-electron chi connectivity index (χ4n) is 3.08. The molecule has 1 fully saturated rings. The van der Waals surface area contributed by atoms with E-state index >= 15 is 0 Å². The minimum atomic E-state index is 0.355. The van der Waals surface area contributed by atoms with Gasteiger partial charge in [-0.3, -0.25) is 4.40 Å². The molecule has 3 rings (SSSR count). The molecule has 2 aromatic heterocycles. The lowest BCUT2D eigenvalue weighted by Gasteiger charge is -2.26. The molecule has 3 heterocycles. The largest absolute Gasteiger partial charge is 0.378 e. The molecule has 20 heavy (non-hydrogen) atoms. The van der Waals surface area contributed by atoms with Crippen LogP contribution in [0.2, 0.25) is 0 Å². The van der Waals surface area contributed by atoms with Gasteiger partial charge in [0.25, 0.3) is 0 Å². The minimum Gasteiger partial charge on any atom is -0.378 e. The van der Waals surface area contributed by atoms with Crippen molar-refractivity contribution in [2.75, 3.05) is 13.2 Å². The van der Waals surface area contributed by atoms with Gasteiger partial charge in [0.1, 0.15) is 0 Å². The maximum Gasteiger partial charge on any atom is 0.193 e. The van der Waals surface area contributed by atoms with Gasteiger partial charge < -0.3 is 10.1 Å². The molecule has 110 valence electrons. The van der Waals surface area contributed by atoms with Gasteiger partial charge in [0.05, 0.1) is 11.8 Å². The number of imidazole rings is 1. The lowest BCUT2D eigenvalue weighted by atomic mass is 9.90. The summed E-state index contributed by atoms with van der Waals surface area (Å²) in [6.07, 6.45) is 7.90. The van der Waals surface area contributed by atoms with E-state index in [1.807, 2.05) is 0 Å². The molecule has 0 aromatic carbocycles. The van der Waals surface area contributed by atoms with Crippen LogP contribution in [0.25, 0.3) is 4.96 Å². The fraction of sp³-hybridized carbons (Fsp3) is 0.667. The molecule has 1 aliphatic rings. The van der Waals surface area contributed by atoms with Crippen LogP contribution in [0, 0.1) is 5.92 Å². The molecule has 3 unspecified atom stereocenters. The molecule has 0 aliphatic carbocycles. The molecule has 4 nitrogen and oxygen atoms in total. The first-order chi connectivity index (χ1) is 9.78. The Kier molecular flexibility index (Phi) is 4.38. The number of rotatable bonds is 6. The predicted molar refractivity (Wildman–Crippen MR) is 82.4 cm³/mol. The zero-order chi connectivity index (χ0) is 13.9. The lowest BCUT2D eigenvalue weighted by Crippen LogP contribution is -2.41. The molecule has 0 bridgehead atoms. The molecule has 1 aliphatic heterocycles. The molecular weight excluding hydrogens is 270 g/mol. The number of aromatic nitrogens is 2. The number of thiazole rings is 1. The topological polar surface area (TPSA) is 38.6 Å². The summed E-state index contributed by atoms with van der Waals surface area (Å²) in [6, 6.07) is 0.469. The van der Waals surface area contributed by atoms with Gasteiger partial charge in [-0.2, -0.15) is 0 Å². The van der Waals surface area contributed by atoms with Crippen LogP contribution >= 0.6 is 11.3 Å². The normalized spacial score (nSPS) is 24.5. The predicted octanol–water partition coefficient (Wildman–Crippen LogP) is 2.73. The highest BCUT2D eigenvalue weighted by Crippen LogP contribution is 2.26. The van der Waals surface area contributed by atoms with Crippen molar-refractivity contribution >= 4 is 16.3 Å². The van der Waals surface area contributed by atoms with E-state index in [-0.39, 0.29) is 0 Å². The molecule has 0 amide bonds. The summed E-state index contributed by atoms with van der Waals surface area (Å²) in [7, 11) is 0. The van der Waals surface area contributed by atoms with Crippen LogP contribution in [0.1, 0.15) is 32.4 Å². The molecule has 2 aromatic rings. The van der Waals surface area contributed by atoms with Gasteiger partial charge >= 0.3 is 0 Å². The highest BCUT2D eigenvalue weighted by atomic mass is 32.1. The van der Waals surface area contributed by atoms with E-state index in [0.717, 1.165) is 37.4 Å². The van der Waals surface area contributed by atoms with Crippen LogP contribution in [-0.2, 0) is 11.2 Å². The summed E-state index contributed by atoms with van der Waals surface area (Å²) >= 11 is 1.69. The van der Waals surface area contributed by atoms with Crippen LogP contribution in [-0.4, -0.2) is 34.7 Å². The molecule has 0 radical (unpaired) electrons. The van der Waals surface area contributed by atoms with Gasteiger partial charge in [-0.05, 0) is 26.3 Å². The van der Waals surface area contributed by atoms with E-state index in [1.54, 1.807) is 11.3 Å². The first-order valence-electron chi connectivity index (χ1n) is 7.54. The van der Waals surface area contributed by atoms with Crippen molar-refractivity contribution in [1.29, 1.82) is 0 Å². The summed E-state index contributed by atoms with van der Waals surface area (Å²) in [4.78, 5) is 5.81. The van der Waals surface area contributed by atoms with E-state index in [0.29, 0.717) is 18.1 Å². The van der Waals surface area contributed by atoms with Crippen LogP contribution < -0.4 is 5.32 Å². The van der Waals surface area contributed by atoms with Crippen molar-refractivity contribution < 1.29 is 4.74 Å². The fourth-order valence-corrected chi connectivity index (χ4v) is 3.80. The van der Waals surface area contributed by atoms with Gasteiger partial charge in [0.15, 0.2) is 4.96 Å². The second-order valence-electron chi connectivity index (χ2n) is 5.62. The number of ether oxygens (including phenoxy) is 1. The molecular formula is C15H23N3OS. The molecule has 1 saturated heterocycles. The quantitative estimate of drug-likeness (QED) is 0.890. The minimum absolute atomic E-state index is 0.355. The Bertz CT molecular complexity index is 522. The maximum absolute atomic E-state index is 5.74. The second-order valence-corrected chi connectivity index (χ2v) is 6.49. The summed E-state index contributed by atoms with van der Waals surface area (Å²) in [5.74, 6) is 0.598. The van der Waals surface area contributed by atoms with E-state index in [2.05, 4.69) is 41.3 Å². The van der Waals surface area contributed by atoms with Crippen molar-refractivity contribution in [1.82, 2.24) is 14.7 Å². The van der Waals surface area contributed by atoms with Gasteiger partial charge in [-0.15, -0.1) is 11.3 Å². The van der Waals surface area contributed by atoms with Gasteiger partial charge in [-0.25, -0.2) is 4.98 Å². The van der Waals surface area contributed by atoms with Crippen molar-refractivity contribution in [3.63, 3.8) is 0 Å². The van der Waals surface area contributed by atoms with Crippen LogP contribution in [0.5, 0.6) is 0 Å². The van der Waals surface area contributed by atoms with Crippen molar-refractivity contribution in [3.8, 4) is 0 Å². The summed E-state index contributed by atoms with van der Waals surface area (Å²) in [6.45, 7) is 6.37. The third-order valence-electron chi connectivity index (χ3n) is 4.18. The van der Waals surface area contributed by atoms with E-state index in [4.69, 9.17) is 9.72 Å². The Morgan fingerprint density at radius 1 is 1.60 bits per heavy atom. The molecule has 1 N–H and O–H groups in total. The van der Waals surface area contributed by atoms with Crippen molar-refractivity contribution in [3.05, 3.63) is 23.5 Å². The Morgan fingerprint density at radius 3 is 3.20 bits per heavy atom. The second kappa shape index (κ2) is 6.24. The molecule has 0 saturated carbocycles. The third kappa shape index (κ3) is 2.90. The smallest absolute Gasteiger partial charge is 0.193 e.